The molecule has 2 atom stereocenters. The van der Waals surface area contributed by atoms with Crippen molar-refractivity contribution in [2.45, 2.75) is 44.9 Å². The Morgan fingerprint density at radius 1 is 1.00 bits per heavy atom. The molecule has 4 nitrogen and oxygen atoms in total. The van der Waals surface area contributed by atoms with Crippen molar-refractivity contribution in [2.24, 2.45) is 17.8 Å². The van der Waals surface area contributed by atoms with E-state index in [1.807, 2.05) is 35.2 Å². The zero-order chi connectivity index (χ0) is 16.2. The Kier molecular flexibility index (Phi) is 4.99. The quantitative estimate of drug-likeness (QED) is 0.901. The molecule has 0 heterocycles. The number of amides is 1. The first-order chi connectivity index (χ1) is 11.1. The number of carboxylic acid groups (broad SMARTS) is 1. The molecule has 0 bridgehead atoms. The molecule has 0 aliphatic heterocycles. The summed E-state index contributed by atoms with van der Waals surface area (Å²) in [5.74, 6) is -0.552. The lowest BCUT2D eigenvalue weighted by Gasteiger charge is -2.36. The Hall–Kier alpha value is -1.84. The normalized spacial score (nSPS) is 24.7. The number of rotatable bonds is 5. The maximum Gasteiger partial charge on any atom is 0.306 e. The molecule has 0 aromatic heterocycles. The molecule has 0 radical (unpaired) electrons. The standard InChI is InChI=1S/C19H25NO3/c21-18(15-8-5-9-16(12-15)19(22)23)20(13-14-6-4-7-14)17-10-2-1-3-11-17/h1-3,10-11,14-16H,4-9,12-13H2,(H,22,23). The predicted molar refractivity (Wildman–Crippen MR) is 89.2 cm³/mol. The lowest BCUT2D eigenvalue weighted by atomic mass is 9.80. The summed E-state index contributed by atoms with van der Waals surface area (Å²) in [6.45, 7) is 0.775. The van der Waals surface area contributed by atoms with Crippen molar-refractivity contribution >= 4 is 17.6 Å². The van der Waals surface area contributed by atoms with Crippen LogP contribution in [0.1, 0.15) is 44.9 Å². The molecule has 1 N–H and O–H groups in total. The van der Waals surface area contributed by atoms with Crippen LogP contribution in [0.4, 0.5) is 5.69 Å². The number of para-hydroxylation sites is 1. The summed E-state index contributed by atoms with van der Waals surface area (Å²) in [4.78, 5) is 26.3. The van der Waals surface area contributed by atoms with E-state index in [9.17, 15) is 14.7 Å². The molecule has 1 amide bonds. The fraction of sp³-hybridized carbons (Fsp3) is 0.579. The lowest BCUT2D eigenvalue weighted by Crippen LogP contribution is -2.42. The van der Waals surface area contributed by atoms with Crippen LogP contribution < -0.4 is 4.90 Å². The Morgan fingerprint density at radius 2 is 1.65 bits per heavy atom. The topological polar surface area (TPSA) is 57.6 Å². The Bertz CT molecular complexity index is 553. The molecule has 3 rings (SSSR count). The minimum absolute atomic E-state index is 0.119. The summed E-state index contributed by atoms with van der Waals surface area (Å²) in [6, 6.07) is 9.83. The van der Waals surface area contributed by atoms with Gasteiger partial charge < -0.3 is 10.0 Å². The second-order valence-electron chi connectivity index (χ2n) is 6.98. The van der Waals surface area contributed by atoms with Gasteiger partial charge in [-0.05, 0) is 50.2 Å². The van der Waals surface area contributed by atoms with E-state index in [1.165, 1.54) is 19.3 Å². The zero-order valence-corrected chi connectivity index (χ0v) is 13.5. The van der Waals surface area contributed by atoms with Gasteiger partial charge in [0.2, 0.25) is 5.91 Å². The van der Waals surface area contributed by atoms with Crippen LogP contribution in [-0.4, -0.2) is 23.5 Å². The second kappa shape index (κ2) is 7.16. The van der Waals surface area contributed by atoms with Gasteiger partial charge >= 0.3 is 5.97 Å². The molecule has 4 heteroatoms. The maximum atomic E-state index is 13.1. The second-order valence-corrected chi connectivity index (χ2v) is 6.98. The van der Waals surface area contributed by atoms with Gasteiger partial charge in [0.25, 0.3) is 0 Å². The van der Waals surface area contributed by atoms with Gasteiger partial charge in [0.1, 0.15) is 0 Å². The zero-order valence-electron chi connectivity index (χ0n) is 13.5. The number of carbonyl (C=O) groups excluding carboxylic acids is 1. The summed E-state index contributed by atoms with van der Waals surface area (Å²) >= 11 is 0. The highest BCUT2D eigenvalue weighted by atomic mass is 16.4. The molecule has 1 aromatic rings. The van der Waals surface area contributed by atoms with Crippen molar-refractivity contribution < 1.29 is 14.7 Å². The molecule has 2 aliphatic carbocycles. The maximum absolute atomic E-state index is 13.1. The first-order valence-corrected chi connectivity index (χ1v) is 8.74. The minimum Gasteiger partial charge on any atom is -0.481 e. The number of nitrogens with zero attached hydrogens (tertiary/aromatic N) is 1. The van der Waals surface area contributed by atoms with E-state index in [0.717, 1.165) is 25.1 Å². The predicted octanol–water partition coefficient (Wildman–Crippen LogP) is 3.71. The molecule has 2 saturated carbocycles. The van der Waals surface area contributed by atoms with Crippen molar-refractivity contribution in [1.29, 1.82) is 0 Å². The van der Waals surface area contributed by atoms with Crippen molar-refractivity contribution in [2.75, 3.05) is 11.4 Å². The van der Waals surface area contributed by atoms with Gasteiger partial charge in [-0.2, -0.15) is 0 Å². The first-order valence-electron chi connectivity index (χ1n) is 8.74. The number of carbonyl (C=O) groups is 2. The largest absolute Gasteiger partial charge is 0.481 e. The van der Waals surface area contributed by atoms with E-state index in [-0.39, 0.29) is 17.7 Å². The van der Waals surface area contributed by atoms with Crippen molar-refractivity contribution in [3.05, 3.63) is 30.3 Å². The van der Waals surface area contributed by atoms with Crippen LogP contribution in [0, 0.1) is 17.8 Å². The van der Waals surface area contributed by atoms with Crippen LogP contribution in [0.15, 0.2) is 30.3 Å². The molecule has 124 valence electrons. The average Bonchev–Trinajstić information content (AvgIpc) is 2.54. The molecular weight excluding hydrogens is 290 g/mol. The highest BCUT2D eigenvalue weighted by molar-refractivity contribution is 5.95. The van der Waals surface area contributed by atoms with E-state index >= 15 is 0 Å². The molecule has 2 fully saturated rings. The summed E-state index contributed by atoms with van der Waals surface area (Å²) in [6.07, 6.45) is 6.48. The Labute approximate surface area is 137 Å². The SMILES string of the molecule is O=C(O)C1CCCC(C(=O)N(CC2CCC2)c2ccccc2)C1. The lowest BCUT2D eigenvalue weighted by molar-refractivity contribution is -0.143. The highest BCUT2D eigenvalue weighted by Crippen LogP contribution is 2.34. The third kappa shape index (κ3) is 3.74. The van der Waals surface area contributed by atoms with E-state index < -0.39 is 5.97 Å². The van der Waals surface area contributed by atoms with Gasteiger partial charge in [0.15, 0.2) is 0 Å². The van der Waals surface area contributed by atoms with Crippen molar-refractivity contribution in [3.8, 4) is 0 Å². The van der Waals surface area contributed by atoms with Gasteiger partial charge in [-0.3, -0.25) is 9.59 Å². The Balaban J connectivity index is 1.75. The minimum atomic E-state index is -0.757. The molecule has 2 aliphatic rings. The number of carboxylic acids is 1. The van der Waals surface area contributed by atoms with E-state index in [1.54, 1.807) is 0 Å². The van der Waals surface area contributed by atoms with E-state index in [4.69, 9.17) is 0 Å². The Morgan fingerprint density at radius 3 is 2.26 bits per heavy atom. The average molecular weight is 315 g/mol. The van der Waals surface area contributed by atoms with Gasteiger partial charge in [0, 0.05) is 18.2 Å². The molecule has 0 saturated heterocycles. The first kappa shape index (κ1) is 16.0. The third-order valence-corrected chi connectivity index (χ3v) is 5.37. The monoisotopic (exact) mass is 315 g/mol. The van der Waals surface area contributed by atoms with Crippen molar-refractivity contribution in [1.82, 2.24) is 0 Å². The fourth-order valence-electron chi connectivity index (χ4n) is 3.72. The van der Waals surface area contributed by atoms with Crippen molar-refractivity contribution in [3.63, 3.8) is 0 Å². The summed E-state index contributed by atoms with van der Waals surface area (Å²) in [7, 11) is 0. The number of anilines is 1. The highest BCUT2D eigenvalue weighted by Gasteiger charge is 2.35. The molecule has 2 unspecified atom stereocenters. The molecule has 23 heavy (non-hydrogen) atoms. The molecule has 0 spiro atoms. The van der Waals surface area contributed by atoms with Crippen LogP contribution in [0.25, 0.3) is 0 Å². The summed E-state index contributed by atoms with van der Waals surface area (Å²) in [5.41, 5.74) is 0.946. The third-order valence-electron chi connectivity index (χ3n) is 5.37. The van der Waals surface area contributed by atoms with E-state index in [0.29, 0.717) is 18.8 Å². The van der Waals surface area contributed by atoms with Gasteiger partial charge in [-0.25, -0.2) is 0 Å². The smallest absolute Gasteiger partial charge is 0.306 e. The molecule has 1 aromatic carbocycles. The molecular formula is C19H25NO3. The summed E-state index contributed by atoms with van der Waals surface area (Å²) < 4.78 is 0. The number of benzene rings is 1. The van der Waals surface area contributed by atoms with Crippen LogP contribution >= 0.6 is 0 Å². The van der Waals surface area contributed by atoms with Gasteiger partial charge in [0.05, 0.1) is 5.92 Å². The summed E-state index contributed by atoms with van der Waals surface area (Å²) in [5, 5.41) is 9.26. The van der Waals surface area contributed by atoms with Gasteiger partial charge in [-0.1, -0.05) is 31.0 Å². The number of hydrogen-bond acceptors (Lipinski definition) is 2. The fourth-order valence-corrected chi connectivity index (χ4v) is 3.72. The van der Waals surface area contributed by atoms with Crippen LogP contribution in [0.2, 0.25) is 0 Å². The van der Waals surface area contributed by atoms with Crippen LogP contribution in [0.3, 0.4) is 0 Å². The number of aliphatic carboxylic acids is 1. The van der Waals surface area contributed by atoms with E-state index in [2.05, 4.69) is 0 Å². The van der Waals surface area contributed by atoms with Gasteiger partial charge in [-0.15, -0.1) is 0 Å². The number of hydrogen-bond donors (Lipinski definition) is 1. The van der Waals surface area contributed by atoms with Crippen LogP contribution in [-0.2, 0) is 9.59 Å². The van der Waals surface area contributed by atoms with Crippen LogP contribution in [0.5, 0.6) is 0 Å².